The molecule has 95 heavy (non-hydrogen) atoms. The highest BCUT2D eigenvalue weighted by Gasteiger charge is 2.32. The second kappa shape index (κ2) is 22.8. The van der Waals surface area contributed by atoms with Crippen molar-refractivity contribution in [2.45, 2.75) is 0 Å². The number of pyridine rings is 1. The third kappa shape index (κ3) is 9.34. The summed E-state index contributed by atoms with van der Waals surface area (Å²) in [4.78, 5) is 6.44. The Bertz CT molecular complexity index is 5740. The molecule has 0 bridgehead atoms. The van der Waals surface area contributed by atoms with Gasteiger partial charge in [0.15, 0.2) is 5.82 Å². The van der Waals surface area contributed by atoms with E-state index in [1.807, 2.05) is 12.1 Å². The second-order valence-electron chi connectivity index (χ2n) is 24.5. The number of rotatable bonds is 11. The summed E-state index contributed by atoms with van der Waals surface area (Å²) < 4.78 is 7.43. The van der Waals surface area contributed by atoms with Gasteiger partial charge in [-0.15, -0.1) is 0 Å². The van der Waals surface area contributed by atoms with E-state index >= 15 is 0 Å². The van der Waals surface area contributed by atoms with Gasteiger partial charge in [-0.25, -0.2) is 4.98 Å². The topological polar surface area (TPSA) is 51.5 Å². The summed E-state index contributed by atoms with van der Waals surface area (Å²) in [7, 11) is 0. The molecule has 0 aliphatic rings. The molecule has 0 fully saturated rings. The zero-order valence-corrected chi connectivity index (χ0v) is 51.6. The Hall–Kier alpha value is -12.9. The SMILES string of the molecule is N#Cc1ccc(-c2c(-n3c4ccc(-c5ccccc5)cc4c4cc(-c5ccccc5)ccc43)c(-c3ccccc3)nc(-n3c4ccc(-c5ccccc5)cc4c4cc(-c5ccccc5)ccc43)c2-n2c3ccc(-c4ccccc4)cc3c3cc(-c4ccccc4)ccc32)cc1. The molecule has 0 saturated carbocycles. The number of aromatic nitrogens is 4. The molecule has 0 saturated heterocycles. The second-order valence-corrected chi connectivity index (χ2v) is 24.5. The monoisotopic (exact) mass is 1210 g/mol. The molecule has 0 aliphatic heterocycles. The van der Waals surface area contributed by atoms with Crippen molar-refractivity contribution in [3.05, 3.63) is 351 Å². The molecule has 18 rings (SSSR count). The Kier molecular flexibility index (Phi) is 13.2. The lowest BCUT2D eigenvalue weighted by atomic mass is 9.96. The average molecular weight is 1210 g/mol. The van der Waals surface area contributed by atoms with E-state index in [1.165, 1.54) is 0 Å². The van der Waals surface area contributed by atoms with Gasteiger partial charge in [0.1, 0.15) is 0 Å². The minimum Gasteiger partial charge on any atom is -0.306 e. The maximum Gasteiger partial charge on any atom is 0.163 e. The van der Waals surface area contributed by atoms with Crippen molar-refractivity contribution in [2.75, 3.05) is 0 Å². The minimum atomic E-state index is 0.567. The molecule has 0 radical (unpaired) electrons. The normalized spacial score (nSPS) is 11.6. The summed E-state index contributed by atoms with van der Waals surface area (Å²) in [5.74, 6) is 0.739. The lowest BCUT2D eigenvalue weighted by Gasteiger charge is -2.26. The van der Waals surface area contributed by atoms with Gasteiger partial charge in [0, 0.05) is 43.4 Å². The first-order chi connectivity index (χ1) is 47.1. The van der Waals surface area contributed by atoms with Crippen molar-refractivity contribution in [3.8, 4) is 112 Å². The van der Waals surface area contributed by atoms with Gasteiger partial charge in [0.05, 0.1) is 61.8 Å². The molecule has 0 atom stereocenters. The molecule has 4 aromatic heterocycles. The summed E-state index contributed by atoms with van der Waals surface area (Å²) in [6.45, 7) is 0. The van der Waals surface area contributed by atoms with Gasteiger partial charge in [0.2, 0.25) is 0 Å². The van der Waals surface area contributed by atoms with Crippen LogP contribution in [0, 0.1) is 11.3 Å². The summed E-state index contributed by atoms with van der Waals surface area (Å²) in [6.07, 6.45) is 0. The molecule has 0 amide bonds. The van der Waals surface area contributed by atoms with Gasteiger partial charge < -0.3 is 9.13 Å². The largest absolute Gasteiger partial charge is 0.306 e. The van der Waals surface area contributed by atoms with Gasteiger partial charge in [-0.1, -0.05) is 261 Å². The average Bonchev–Trinajstić information content (AvgIpc) is 1.53. The van der Waals surface area contributed by atoms with Gasteiger partial charge in [0.25, 0.3) is 0 Å². The van der Waals surface area contributed by atoms with Gasteiger partial charge in [-0.2, -0.15) is 5.26 Å². The molecule has 5 heteroatoms. The third-order valence-corrected chi connectivity index (χ3v) is 19.1. The summed E-state index contributed by atoms with van der Waals surface area (Å²) in [6, 6.07) is 127. The van der Waals surface area contributed by atoms with Crippen molar-refractivity contribution >= 4 is 65.4 Å². The molecule has 0 unspecified atom stereocenters. The van der Waals surface area contributed by atoms with Crippen LogP contribution in [0.1, 0.15) is 5.56 Å². The molecular formula is C90H57N5. The van der Waals surface area contributed by atoms with Crippen molar-refractivity contribution in [2.24, 2.45) is 0 Å². The number of nitrogens with zero attached hydrogens (tertiary/aromatic N) is 5. The van der Waals surface area contributed by atoms with E-state index in [9.17, 15) is 5.26 Å². The first-order valence-electron chi connectivity index (χ1n) is 32.3. The molecule has 5 nitrogen and oxygen atoms in total. The number of nitriles is 1. The van der Waals surface area contributed by atoms with E-state index < -0.39 is 0 Å². The quantitative estimate of drug-likeness (QED) is 0.130. The molecule has 4 heterocycles. The van der Waals surface area contributed by atoms with E-state index in [-0.39, 0.29) is 0 Å². The van der Waals surface area contributed by atoms with Crippen LogP contribution in [0.5, 0.6) is 0 Å². The molecule has 14 aromatic carbocycles. The van der Waals surface area contributed by atoms with Crippen LogP contribution in [-0.2, 0) is 0 Å². The maximum atomic E-state index is 10.7. The number of hydrogen-bond acceptors (Lipinski definition) is 2. The highest BCUT2D eigenvalue weighted by molar-refractivity contribution is 6.17. The Morgan fingerprint density at radius 1 is 0.221 bits per heavy atom. The first-order valence-corrected chi connectivity index (χ1v) is 32.3. The Morgan fingerprint density at radius 2 is 0.463 bits per heavy atom. The van der Waals surface area contributed by atoms with Gasteiger partial charge in [-0.3, -0.25) is 4.57 Å². The predicted molar refractivity (Wildman–Crippen MR) is 395 cm³/mol. The highest BCUT2D eigenvalue weighted by atomic mass is 15.1. The van der Waals surface area contributed by atoms with Crippen LogP contribution < -0.4 is 0 Å². The van der Waals surface area contributed by atoms with E-state index in [4.69, 9.17) is 4.98 Å². The van der Waals surface area contributed by atoms with Crippen molar-refractivity contribution in [3.63, 3.8) is 0 Å². The summed E-state index contributed by atoms with van der Waals surface area (Å²) in [5, 5.41) is 17.3. The summed E-state index contributed by atoms with van der Waals surface area (Å²) in [5.41, 5.74) is 25.6. The van der Waals surface area contributed by atoms with E-state index in [2.05, 4.69) is 353 Å². The zero-order chi connectivity index (χ0) is 62.9. The van der Waals surface area contributed by atoms with Gasteiger partial charge in [-0.05, 0) is 157 Å². The lowest BCUT2D eigenvalue weighted by molar-refractivity contribution is 1.01. The molecular weight excluding hydrogens is 1150 g/mol. The number of hydrogen-bond donors (Lipinski definition) is 0. The lowest BCUT2D eigenvalue weighted by Crippen LogP contribution is -2.13. The molecule has 442 valence electrons. The van der Waals surface area contributed by atoms with Crippen LogP contribution in [0.3, 0.4) is 0 Å². The highest BCUT2D eigenvalue weighted by Crippen LogP contribution is 2.51. The van der Waals surface area contributed by atoms with Gasteiger partial charge >= 0.3 is 0 Å². The number of fused-ring (bicyclic) bond motifs is 9. The maximum absolute atomic E-state index is 10.7. The molecule has 18 aromatic rings. The van der Waals surface area contributed by atoms with Crippen LogP contribution in [0.25, 0.3) is 172 Å². The van der Waals surface area contributed by atoms with E-state index in [1.54, 1.807) is 0 Å². The van der Waals surface area contributed by atoms with Crippen LogP contribution in [-0.4, -0.2) is 18.7 Å². The first kappa shape index (κ1) is 55.0. The molecule has 0 N–H and O–H groups in total. The van der Waals surface area contributed by atoms with E-state index in [0.29, 0.717) is 5.56 Å². The van der Waals surface area contributed by atoms with Crippen LogP contribution in [0.4, 0.5) is 0 Å². The van der Waals surface area contributed by atoms with Crippen LogP contribution in [0.15, 0.2) is 346 Å². The van der Waals surface area contributed by atoms with Crippen molar-refractivity contribution < 1.29 is 0 Å². The third-order valence-electron chi connectivity index (χ3n) is 19.1. The van der Waals surface area contributed by atoms with E-state index in [0.717, 1.165) is 172 Å². The smallest absolute Gasteiger partial charge is 0.163 e. The fourth-order valence-corrected chi connectivity index (χ4v) is 14.6. The Labute approximate surface area is 549 Å². The zero-order valence-electron chi connectivity index (χ0n) is 51.6. The van der Waals surface area contributed by atoms with Crippen molar-refractivity contribution in [1.82, 2.24) is 18.7 Å². The Morgan fingerprint density at radius 3 is 0.737 bits per heavy atom. The number of benzene rings is 14. The fourth-order valence-electron chi connectivity index (χ4n) is 14.6. The molecule has 0 spiro atoms. The van der Waals surface area contributed by atoms with Crippen LogP contribution in [0.2, 0.25) is 0 Å². The minimum absolute atomic E-state index is 0.567. The Balaban J connectivity index is 1.07. The summed E-state index contributed by atoms with van der Waals surface area (Å²) >= 11 is 0. The predicted octanol–water partition coefficient (Wildman–Crippen LogP) is 23.6. The van der Waals surface area contributed by atoms with Crippen LogP contribution >= 0.6 is 0 Å². The molecule has 0 aliphatic carbocycles. The fraction of sp³-hybridized carbons (Fsp3) is 0. The standard InChI is InChI=1S/C90H57N5/c91-58-59-36-38-66(39-37-59)86-88(93-80-46-40-68(60-22-8-1-9-23-60)52-74(80)75-53-69(41-47-81(75)93)61-24-10-2-11-25-61)87(67-34-20-7-21-35-67)92-90(95-84-50-44-72(64-30-16-5-17-31-64)56-78(84)79-57-73(45-51-85(79)95)65-32-18-6-19-33-65)89(86)94-82-48-42-70(62-26-12-3-13-27-62)54-76(82)77-55-71(43-49-83(77)94)63-28-14-4-15-29-63/h1-57H. The van der Waals surface area contributed by atoms with Crippen molar-refractivity contribution in [1.29, 1.82) is 5.26 Å².